The van der Waals surface area contributed by atoms with Crippen LogP contribution in [-0.2, 0) is 9.53 Å². The van der Waals surface area contributed by atoms with Gasteiger partial charge in [0.05, 0.1) is 23.9 Å². The van der Waals surface area contributed by atoms with E-state index in [1.165, 1.54) is 6.33 Å². The van der Waals surface area contributed by atoms with E-state index in [1.807, 2.05) is 37.3 Å². The monoisotopic (exact) mass is 284 g/mol. The zero-order chi connectivity index (χ0) is 14.8. The second kappa shape index (κ2) is 5.40. The van der Waals surface area contributed by atoms with Crippen molar-refractivity contribution < 1.29 is 9.53 Å². The lowest BCUT2D eigenvalue weighted by atomic mass is 9.99. The van der Waals surface area contributed by atoms with Crippen molar-refractivity contribution in [1.82, 2.24) is 14.8 Å². The molecule has 0 saturated carbocycles. The van der Waals surface area contributed by atoms with Crippen molar-refractivity contribution >= 4 is 17.6 Å². The molecule has 0 unspecified atom stereocenters. The van der Waals surface area contributed by atoms with E-state index in [9.17, 15) is 4.79 Å². The molecule has 0 amide bonds. The van der Waals surface area contributed by atoms with Crippen LogP contribution < -0.4 is 5.32 Å². The molecule has 1 aromatic heterocycles. The quantitative estimate of drug-likeness (QED) is 0.875. The zero-order valence-electron chi connectivity index (χ0n) is 11.9. The first-order valence-corrected chi connectivity index (χ1v) is 6.85. The predicted octanol–water partition coefficient (Wildman–Crippen LogP) is 2.24. The maximum Gasteiger partial charge on any atom is 0.338 e. The molecule has 2 heterocycles. The highest BCUT2D eigenvalue weighted by Gasteiger charge is 2.31. The van der Waals surface area contributed by atoms with Crippen LogP contribution in [0.4, 0.5) is 5.95 Å². The van der Waals surface area contributed by atoms with Crippen LogP contribution in [0.5, 0.6) is 0 Å². The summed E-state index contributed by atoms with van der Waals surface area (Å²) < 4.78 is 6.88. The number of anilines is 1. The number of carbonyl (C=O) groups is 1. The van der Waals surface area contributed by atoms with Gasteiger partial charge in [0.25, 0.3) is 0 Å². The Kier molecular flexibility index (Phi) is 3.43. The Bertz CT molecular complexity index is 691. The largest absolute Gasteiger partial charge is 0.463 e. The number of rotatable bonds is 3. The average molecular weight is 284 g/mol. The smallest absolute Gasteiger partial charge is 0.338 e. The number of benzene rings is 1. The van der Waals surface area contributed by atoms with E-state index < -0.39 is 0 Å². The first-order valence-electron chi connectivity index (χ1n) is 6.85. The van der Waals surface area contributed by atoms with Gasteiger partial charge in [0.2, 0.25) is 5.95 Å². The van der Waals surface area contributed by atoms with Crippen LogP contribution >= 0.6 is 0 Å². The lowest BCUT2D eigenvalue weighted by molar-refractivity contribution is -0.139. The Labute approximate surface area is 122 Å². The van der Waals surface area contributed by atoms with Gasteiger partial charge < -0.3 is 10.1 Å². The molecule has 3 rings (SSSR count). The summed E-state index contributed by atoms with van der Waals surface area (Å²) >= 11 is 0. The number of hydrogen-bond donors (Lipinski definition) is 1. The van der Waals surface area contributed by atoms with Crippen molar-refractivity contribution in [3.05, 3.63) is 47.8 Å². The highest BCUT2D eigenvalue weighted by Crippen LogP contribution is 2.34. The van der Waals surface area contributed by atoms with E-state index in [0.717, 1.165) is 11.3 Å². The molecule has 0 spiro atoms. The number of nitrogens with one attached hydrogen (secondary N) is 1. The molecule has 0 fully saturated rings. The molecule has 0 saturated heterocycles. The Balaban J connectivity index is 2.13. The molecule has 1 N–H and O–H groups in total. The number of fused-ring (bicyclic) bond motifs is 1. The number of hydrogen-bond acceptors (Lipinski definition) is 5. The summed E-state index contributed by atoms with van der Waals surface area (Å²) in [5.41, 5.74) is 2.20. The third-order valence-corrected chi connectivity index (χ3v) is 3.42. The first-order chi connectivity index (χ1) is 10.2. The zero-order valence-corrected chi connectivity index (χ0v) is 11.9. The molecule has 1 aliphatic rings. The van der Waals surface area contributed by atoms with Crippen molar-refractivity contribution in [3.63, 3.8) is 0 Å². The third kappa shape index (κ3) is 2.29. The summed E-state index contributed by atoms with van der Waals surface area (Å²) in [6.07, 6.45) is 1.47. The highest BCUT2D eigenvalue weighted by molar-refractivity contribution is 6.01. The van der Waals surface area contributed by atoms with Crippen molar-refractivity contribution in [2.45, 2.75) is 19.9 Å². The molecule has 6 heteroatoms. The van der Waals surface area contributed by atoms with Gasteiger partial charge in [-0.15, -0.1) is 0 Å². The summed E-state index contributed by atoms with van der Waals surface area (Å²) in [5.74, 6) is 0.284. The van der Waals surface area contributed by atoms with E-state index in [4.69, 9.17) is 4.74 Å². The van der Waals surface area contributed by atoms with E-state index in [0.29, 0.717) is 18.1 Å². The molecule has 1 atom stereocenters. The number of esters is 1. The second-order valence-corrected chi connectivity index (χ2v) is 4.70. The van der Waals surface area contributed by atoms with Gasteiger partial charge in [-0.3, -0.25) is 0 Å². The van der Waals surface area contributed by atoms with Gasteiger partial charge in [-0.25, -0.2) is 9.48 Å². The number of aromatic nitrogens is 3. The molecule has 2 aromatic rings. The van der Waals surface area contributed by atoms with Gasteiger partial charge >= 0.3 is 5.97 Å². The summed E-state index contributed by atoms with van der Waals surface area (Å²) in [4.78, 5) is 16.5. The normalized spacial score (nSPS) is 17.1. The van der Waals surface area contributed by atoms with Gasteiger partial charge in [-0.05, 0) is 19.4 Å². The minimum absolute atomic E-state index is 0.238. The molecule has 21 heavy (non-hydrogen) atoms. The minimum Gasteiger partial charge on any atom is -0.463 e. The fourth-order valence-corrected chi connectivity index (χ4v) is 2.45. The number of nitrogens with zero attached hydrogens (tertiary/aromatic N) is 3. The van der Waals surface area contributed by atoms with Crippen molar-refractivity contribution in [2.75, 3.05) is 11.9 Å². The average Bonchev–Trinajstić information content (AvgIpc) is 2.97. The molecule has 1 aliphatic heterocycles. The van der Waals surface area contributed by atoms with Crippen LogP contribution in [0.2, 0.25) is 0 Å². The van der Waals surface area contributed by atoms with Crippen LogP contribution in [0.25, 0.3) is 5.70 Å². The molecule has 1 aromatic carbocycles. The summed E-state index contributed by atoms with van der Waals surface area (Å²) in [6.45, 7) is 4.04. The Morgan fingerprint density at radius 2 is 2.14 bits per heavy atom. The topological polar surface area (TPSA) is 69.0 Å². The third-order valence-electron chi connectivity index (χ3n) is 3.42. The van der Waals surface area contributed by atoms with Crippen molar-refractivity contribution in [1.29, 1.82) is 0 Å². The fourth-order valence-electron chi connectivity index (χ4n) is 2.45. The molecule has 0 bridgehead atoms. The standard InChI is InChI=1S/C15H16N4O2/c1-3-21-14(20)12-10(2)19-15(16-9-17-19)18-13(12)11-7-5-4-6-8-11/h4-10H,3H2,1-2H3,(H,16,17,18)/t10-/m1/s1. The van der Waals surface area contributed by atoms with Crippen molar-refractivity contribution in [3.8, 4) is 0 Å². The SMILES string of the molecule is CCOC(=O)C1=C(c2ccccc2)Nc2ncnn2[C@@H]1C. The summed E-state index contributed by atoms with van der Waals surface area (Å²) in [6, 6.07) is 9.44. The van der Waals surface area contributed by atoms with Gasteiger partial charge in [0.15, 0.2) is 0 Å². The lowest BCUT2D eigenvalue weighted by Crippen LogP contribution is -2.27. The number of ether oxygens (including phenoxy) is 1. The minimum atomic E-state index is -0.336. The van der Waals surface area contributed by atoms with Gasteiger partial charge in [0.1, 0.15) is 6.33 Å². The molecule has 0 aliphatic carbocycles. The summed E-state index contributed by atoms with van der Waals surface area (Å²) in [7, 11) is 0. The van der Waals surface area contributed by atoms with E-state index >= 15 is 0 Å². The van der Waals surface area contributed by atoms with E-state index in [1.54, 1.807) is 11.6 Å². The van der Waals surface area contributed by atoms with E-state index in [-0.39, 0.29) is 12.0 Å². The van der Waals surface area contributed by atoms with Gasteiger partial charge in [-0.1, -0.05) is 30.3 Å². The lowest BCUT2D eigenvalue weighted by Gasteiger charge is -2.26. The van der Waals surface area contributed by atoms with Crippen LogP contribution in [0, 0.1) is 0 Å². The van der Waals surface area contributed by atoms with Gasteiger partial charge in [0, 0.05) is 0 Å². The molecular weight excluding hydrogens is 268 g/mol. The molecular formula is C15H16N4O2. The Morgan fingerprint density at radius 1 is 1.38 bits per heavy atom. The van der Waals surface area contributed by atoms with Crippen LogP contribution in [-0.4, -0.2) is 27.3 Å². The van der Waals surface area contributed by atoms with Gasteiger partial charge in [-0.2, -0.15) is 10.1 Å². The van der Waals surface area contributed by atoms with Crippen LogP contribution in [0.1, 0.15) is 25.5 Å². The first kappa shape index (κ1) is 13.4. The molecule has 108 valence electrons. The van der Waals surface area contributed by atoms with Crippen molar-refractivity contribution in [2.24, 2.45) is 0 Å². The van der Waals surface area contributed by atoms with Crippen LogP contribution in [0.15, 0.2) is 42.2 Å². The predicted molar refractivity (Wildman–Crippen MR) is 78.4 cm³/mol. The molecule has 0 radical (unpaired) electrons. The maximum absolute atomic E-state index is 12.3. The maximum atomic E-state index is 12.3. The second-order valence-electron chi connectivity index (χ2n) is 4.70. The van der Waals surface area contributed by atoms with E-state index in [2.05, 4.69) is 15.4 Å². The summed E-state index contributed by atoms with van der Waals surface area (Å²) in [5, 5.41) is 7.34. The highest BCUT2D eigenvalue weighted by atomic mass is 16.5. The number of carbonyl (C=O) groups excluding carboxylic acids is 1. The molecule has 6 nitrogen and oxygen atoms in total. The van der Waals surface area contributed by atoms with Crippen LogP contribution in [0.3, 0.4) is 0 Å². The fraction of sp³-hybridized carbons (Fsp3) is 0.267. The Hall–Kier alpha value is -2.63. The Morgan fingerprint density at radius 3 is 2.86 bits per heavy atom.